The van der Waals surface area contributed by atoms with Gasteiger partial charge in [0.25, 0.3) is 0 Å². The molecule has 0 aromatic heterocycles. The quantitative estimate of drug-likeness (QED) is 0.695. The van der Waals surface area contributed by atoms with Crippen molar-refractivity contribution in [3.8, 4) is 5.75 Å². The van der Waals surface area contributed by atoms with Gasteiger partial charge >= 0.3 is 0 Å². The second-order valence-electron chi connectivity index (χ2n) is 8.26. The first kappa shape index (κ1) is 21.9. The van der Waals surface area contributed by atoms with E-state index in [0.717, 1.165) is 43.9 Å². The van der Waals surface area contributed by atoms with Crippen molar-refractivity contribution in [1.82, 2.24) is 9.80 Å². The van der Waals surface area contributed by atoms with Gasteiger partial charge < -0.3 is 14.5 Å². The topological polar surface area (TPSA) is 36.0 Å². The van der Waals surface area contributed by atoms with Gasteiger partial charge in [0.15, 0.2) is 0 Å². The summed E-state index contributed by atoms with van der Waals surface area (Å²) in [5.41, 5.74) is 1.59. The van der Waals surface area contributed by atoms with Gasteiger partial charge in [-0.3, -0.25) is 9.69 Å². The number of hydrogen-bond acceptors (Lipinski definition) is 4. The molecule has 0 bridgehead atoms. The maximum Gasteiger partial charge on any atom is 0.227 e. The number of rotatable bonds is 5. The third-order valence-corrected chi connectivity index (χ3v) is 6.67. The summed E-state index contributed by atoms with van der Waals surface area (Å²) in [6, 6.07) is 12.8. The Hall–Kier alpha value is -2.31. The molecule has 0 saturated carbocycles. The van der Waals surface area contributed by atoms with Crippen LogP contribution in [0.25, 0.3) is 0 Å². The molecule has 166 valence electrons. The van der Waals surface area contributed by atoms with E-state index in [4.69, 9.17) is 16.3 Å². The Labute approximate surface area is 188 Å². The van der Waals surface area contributed by atoms with Gasteiger partial charge in [0.1, 0.15) is 11.6 Å². The van der Waals surface area contributed by atoms with E-state index in [1.54, 1.807) is 19.2 Å². The zero-order chi connectivity index (χ0) is 21.8. The van der Waals surface area contributed by atoms with Crippen LogP contribution in [0, 0.1) is 11.7 Å². The molecule has 1 atom stereocenters. The van der Waals surface area contributed by atoms with Gasteiger partial charge in [0.05, 0.1) is 18.7 Å². The van der Waals surface area contributed by atoms with E-state index in [-0.39, 0.29) is 17.6 Å². The van der Waals surface area contributed by atoms with Crippen molar-refractivity contribution in [3.63, 3.8) is 0 Å². The Bertz CT molecular complexity index is 897. The number of amides is 1. The fourth-order valence-electron chi connectivity index (χ4n) is 4.62. The number of nitrogens with zero attached hydrogens (tertiary/aromatic N) is 3. The lowest BCUT2D eigenvalue weighted by Gasteiger charge is -2.40. The molecular formula is C24H29ClFN3O2. The van der Waals surface area contributed by atoms with Gasteiger partial charge in [-0.25, -0.2) is 4.39 Å². The maximum absolute atomic E-state index is 14.2. The van der Waals surface area contributed by atoms with Crippen LogP contribution in [0.5, 0.6) is 5.75 Å². The van der Waals surface area contributed by atoms with Crippen molar-refractivity contribution < 1.29 is 13.9 Å². The highest BCUT2D eigenvalue weighted by atomic mass is 35.5. The van der Waals surface area contributed by atoms with E-state index in [1.807, 2.05) is 23.1 Å². The van der Waals surface area contributed by atoms with Crippen LogP contribution in [0.1, 0.15) is 18.4 Å². The van der Waals surface area contributed by atoms with Crippen LogP contribution in [0.2, 0.25) is 5.02 Å². The van der Waals surface area contributed by atoms with Gasteiger partial charge in [-0.1, -0.05) is 29.8 Å². The summed E-state index contributed by atoms with van der Waals surface area (Å²) < 4.78 is 19.7. The van der Waals surface area contributed by atoms with Gasteiger partial charge in [0.2, 0.25) is 5.91 Å². The van der Waals surface area contributed by atoms with Crippen molar-refractivity contribution in [2.75, 3.05) is 51.3 Å². The number of carbonyl (C=O) groups is 1. The summed E-state index contributed by atoms with van der Waals surface area (Å²) in [6.07, 6.45) is 1.82. The normalized spacial score (nSPS) is 20.0. The second kappa shape index (κ2) is 9.88. The van der Waals surface area contributed by atoms with Crippen LogP contribution < -0.4 is 9.64 Å². The zero-order valence-corrected chi connectivity index (χ0v) is 18.7. The first-order valence-electron chi connectivity index (χ1n) is 10.9. The number of carbonyl (C=O) groups excluding carboxylic acids is 1. The lowest BCUT2D eigenvalue weighted by molar-refractivity contribution is -0.137. The van der Waals surface area contributed by atoms with Crippen LogP contribution in [0.15, 0.2) is 42.5 Å². The third kappa shape index (κ3) is 4.96. The van der Waals surface area contributed by atoms with Crippen LogP contribution in [0.3, 0.4) is 0 Å². The lowest BCUT2D eigenvalue weighted by atomic mass is 9.95. The minimum absolute atomic E-state index is 0.0443. The Morgan fingerprint density at radius 2 is 1.87 bits per heavy atom. The highest BCUT2D eigenvalue weighted by Crippen LogP contribution is 2.29. The van der Waals surface area contributed by atoms with Crippen molar-refractivity contribution in [3.05, 3.63) is 58.9 Å². The van der Waals surface area contributed by atoms with Gasteiger partial charge in [-0.05, 0) is 43.7 Å². The lowest BCUT2D eigenvalue weighted by Crippen LogP contribution is -2.52. The maximum atomic E-state index is 14.2. The van der Waals surface area contributed by atoms with E-state index in [2.05, 4.69) is 15.9 Å². The number of likely N-dealkylation sites (tertiary alicyclic amines) is 1. The Morgan fingerprint density at radius 3 is 2.61 bits per heavy atom. The van der Waals surface area contributed by atoms with Crippen LogP contribution in [-0.2, 0) is 11.3 Å². The summed E-state index contributed by atoms with van der Waals surface area (Å²) in [5, 5.41) is 0.445. The Kier molecular flexibility index (Phi) is 6.98. The molecule has 5 nitrogen and oxygen atoms in total. The molecule has 2 saturated heterocycles. The number of piperidine rings is 1. The van der Waals surface area contributed by atoms with Crippen LogP contribution >= 0.6 is 11.6 Å². The molecule has 1 amide bonds. The SMILES string of the molecule is COc1ccccc1N1CCN(C(=O)C2CCCN(Cc3c(F)cccc3Cl)C2)CC1. The number of ether oxygens (including phenoxy) is 1. The van der Waals surface area contributed by atoms with Crippen LogP contribution in [-0.4, -0.2) is 62.1 Å². The molecule has 0 aliphatic carbocycles. The summed E-state index contributed by atoms with van der Waals surface area (Å²) in [4.78, 5) is 19.6. The molecule has 7 heteroatoms. The van der Waals surface area contributed by atoms with E-state index in [1.165, 1.54) is 6.07 Å². The van der Waals surface area contributed by atoms with E-state index in [0.29, 0.717) is 36.8 Å². The van der Waals surface area contributed by atoms with E-state index >= 15 is 0 Å². The minimum atomic E-state index is -0.284. The summed E-state index contributed by atoms with van der Waals surface area (Å²) >= 11 is 6.20. The molecular weight excluding hydrogens is 417 g/mol. The van der Waals surface area contributed by atoms with Crippen molar-refractivity contribution in [2.45, 2.75) is 19.4 Å². The molecule has 2 aliphatic heterocycles. The largest absolute Gasteiger partial charge is 0.495 e. The number of benzene rings is 2. The molecule has 31 heavy (non-hydrogen) atoms. The molecule has 2 aliphatic rings. The molecule has 0 N–H and O–H groups in total. The third-order valence-electron chi connectivity index (χ3n) is 6.32. The molecule has 2 heterocycles. The van der Waals surface area contributed by atoms with Crippen molar-refractivity contribution in [2.24, 2.45) is 5.92 Å². The number of anilines is 1. The Balaban J connectivity index is 1.34. The number of piperazine rings is 1. The van der Waals surface area contributed by atoms with Gasteiger partial charge in [-0.15, -0.1) is 0 Å². The summed E-state index contributed by atoms with van der Waals surface area (Å²) in [6.45, 7) is 4.92. The molecule has 2 aromatic carbocycles. The van der Waals surface area contributed by atoms with Crippen molar-refractivity contribution in [1.29, 1.82) is 0 Å². The second-order valence-corrected chi connectivity index (χ2v) is 8.67. The molecule has 2 fully saturated rings. The molecule has 2 aromatic rings. The molecule has 0 spiro atoms. The fourth-order valence-corrected chi connectivity index (χ4v) is 4.85. The Morgan fingerprint density at radius 1 is 1.10 bits per heavy atom. The first-order valence-corrected chi connectivity index (χ1v) is 11.3. The highest BCUT2D eigenvalue weighted by molar-refractivity contribution is 6.31. The first-order chi connectivity index (χ1) is 15.1. The molecule has 0 radical (unpaired) electrons. The summed E-state index contributed by atoms with van der Waals surface area (Å²) in [5.74, 6) is 0.742. The highest BCUT2D eigenvalue weighted by Gasteiger charge is 2.31. The van der Waals surface area contributed by atoms with Gasteiger partial charge in [0, 0.05) is 49.9 Å². The van der Waals surface area contributed by atoms with Crippen LogP contribution in [0.4, 0.5) is 10.1 Å². The van der Waals surface area contributed by atoms with E-state index in [9.17, 15) is 9.18 Å². The predicted octanol–water partition coefficient (Wildman–Crippen LogP) is 4.05. The fraction of sp³-hybridized carbons (Fsp3) is 0.458. The average Bonchev–Trinajstić information content (AvgIpc) is 2.81. The zero-order valence-electron chi connectivity index (χ0n) is 17.9. The molecule has 1 unspecified atom stereocenters. The monoisotopic (exact) mass is 445 g/mol. The van der Waals surface area contributed by atoms with Gasteiger partial charge in [-0.2, -0.15) is 0 Å². The van der Waals surface area contributed by atoms with Crippen molar-refractivity contribution >= 4 is 23.2 Å². The standard InChI is InChI=1S/C24H29ClFN3O2/c1-31-23-10-3-2-9-22(23)28-12-14-29(15-13-28)24(30)18-6-5-11-27(16-18)17-19-20(25)7-4-8-21(19)26/h2-4,7-10,18H,5-6,11-17H2,1H3. The van der Waals surface area contributed by atoms with E-state index < -0.39 is 0 Å². The predicted molar refractivity (Wildman–Crippen MR) is 121 cm³/mol. The number of hydrogen-bond donors (Lipinski definition) is 0. The average molecular weight is 446 g/mol. The smallest absolute Gasteiger partial charge is 0.227 e. The number of halogens is 2. The summed E-state index contributed by atoms with van der Waals surface area (Å²) in [7, 11) is 1.68. The molecule has 4 rings (SSSR count). The number of para-hydroxylation sites is 2. The number of methoxy groups -OCH3 is 1. The minimum Gasteiger partial charge on any atom is -0.495 e.